The first-order valence-corrected chi connectivity index (χ1v) is 5.51. The Labute approximate surface area is 88.7 Å². The standard InChI is InChI=1S/C10H16N2OS/c1-7(6-13)14-10-9(8(2)11)4-3-5-12-10/h3-5,7-8,13H,6,11H2,1-2H3/t7?,8-/m0/s1. The highest BCUT2D eigenvalue weighted by Gasteiger charge is 2.10. The van der Waals surface area contributed by atoms with Gasteiger partial charge in [0.2, 0.25) is 0 Å². The van der Waals surface area contributed by atoms with E-state index < -0.39 is 0 Å². The molecule has 0 aliphatic carbocycles. The monoisotopic (exact) mass is 212 g/mol. The maximum Gasteiger partial charge on any atom is 0.101 e. The molecule has 0 aliphatic heterocycles. The van der Waals surface area contributed by atoms with Gasteiger partial charge in [-0.2, -0.15) is 0 Å². The van der Waals surface area contributed by atoms with Crippen LogP contribution in [-0.2, 0) is 0 Å². The molecule has 0 saturated heterocycles. The lowest BCUT2D eigenvalue weighted by Crippen LogP contribution is -2.09. The zero-order valence-corrected chi connectivity index (χ0v) is 9.29. The zero-order chi connectivity index (χ0) is 10.6. The molecule has 1 aromatic rings. The topological polar surface area (TPSA) is 59.1 Å². The minimum absolute atomic E-state index is 0.0166. The smallest absolute Gasteiger partial charge is 0.101 e. The SMILES string of the molecule is CC(CO)Sc1ncccc1[C@H](C)N. The van der Waals surface area contributed by atoms with E-state index in [0.29, 0.717) is 0 Å². The first-order valence-electron chi connectivity index (χ1n) is 4.63. The van der Waals surface area contributed by atoms with Crippen molar-refractivity contribution in [2.75, 3.05) is 6.61 Å². The average molecular weight is 212 g/mol. The first kappa shape index (κ1) is 11.5. The summed E-state index contributed by atoms with van der Waals surface area (Å²) in [6.45, 7) is 4.05. The summed E-state index contributed by atoms with van der Waals surface area (Å²) in [6.07, 6.45) is 1.75. The molecule has 1 aromatic heterocycles. The lowest BCUT2D eigenvalue weighted by atomic mass is 10.2. The predicted octanol–water partition coefficient (Wildman–Crippen LogP) is 1.57. The maximum atomic E-state index is 8.95. The molecule has 0 radical (unpaired) electrons. The van der Waals surface area contributed by atoms with E-state index in [9.17, 15) is 0 Å². The Bertz CT molecular complexity index is 291. The van der Waals surface area contributed by atoms with Crippen LogP contribution >= 0.6 is 11.8 Å². The summed E-state index contributed by atoms with van der Waals surface area (Å²) in [4.78, 5) is 4.26. The fourth-order valence-electron chi connectivity index (χ4n) is 1.08. The highest BCUT2D eigenvalue weighted by atomic mass is 32.2. The van der Waals surface area contributed by atoms with Gasteiger partial charge in [-0.15, -0.1) is 11.8 Å². The van der Waals surface area contributed by atoms with Gasteiger partial charge in [-0.05, 0) is 13.0 Å². The molecular formula is C10H16N2OS. The highest BCUT2D eigenvalue weighted by molar-refractivity contribution is 7.99. The molecular weight excluding hydrogens is 196 g/mol. The van der Waals surface area contributed by atoms with Crippen molar-refractivity contribution in [1.29, 1.82) is 0 Å². The average Bonchev–Trinajstić information content (AvgIpc) is 2.18. The van der Waals surface area contributed by atoms with Crippen molar-refractivity contribution in [1.82, 2.24) is 4.98 Å². The molecule has 2 atom stereocenters. The quantitative estimate of drug-likeness (QED) is 0.744. The number of nitrogens with zero attached hydrogens (tertiary/aromatic N) is 1. The van der Waals surface area contributed by atoms with E-state index in [1.807, 2.05) is 26.0 Å². The van der Waals surface area contributed by atoms with E-state index in [4.69, 9.17) is 10.8 Å². The molecule has 1 rings (SSSR count). The van der Waals surface area contributed by atoms with E-state index in [1.54, 1.807) is 18.0 Å². The van der Waals surface area contributed by atoms with Crippen LogP contribution in [0.2, 0.25) is 0 Å². The van der Waals surface area contributed by atoms with Gasteiger partial charge in [0, 0.05) is 23.1 Å². The summed E-state index contributed by atoms with van der Waals surface area (Å²) in [6, 6.07) is 3.84. The molecule has 0 aliphatic rings. The van der Waals surface area contributed by atoms with Crippen LogP contribution in [0.1, 0.15) is 25.5 Å². The summed E-state index contributed by atoms with van der Waals surface area (Å²) in [5, 5.41) is 10.0. The van der Waals surface area contributed by atoms with Crippen LogP contribution in [0, 0.1) is 0 Å². The summed E-state index contributed by atoms with van der Waals surface area (Å²) >= 11 is 1.56. The van der Waals surface area contributed by atoms with Crippen molar-refractivity contribution in [3.8, 4) is 0 Å². The molecule has 3 N–H and O–H groups in total. The second-order valence-electron chi connectivity index (χ2n) is 3.30. The second kappa shape index (κ2) is 5.34. The molecule has 78 valence electrons. The largest absolute Gasteiger partial charge is 0.395 e. The van der Waals surface area contributed by atoms with Gasteiger partial charge in [0.05, 0.1) is 6.61 Å². The number of hydrogen-bond acceptors (Lipinski definition) is 4. The maximum absolute atomic E-state index is 8.95. The van der Waals surface area contributed by atoms with Gasteiger partial charge in [0.1, 0.15) is 5.03 Å². The molecule has 4 heteroatoms. The fourth-order valence-corrected chi connectivity index (χ4v) is 2.04. The Hall–Kier alpha value is -0.580. The van der Waals surface area contributed by atoms with E-state index >= 15 is 0 Å². The summed E-state index contributed by atoms with van der Waals surface area (Å²) in [5.41, 5.74) is 6.86. The van der Waals surface area contributed by atoms with Gasteiger partial charge >= 0.3 is 0 Å². The minimum atomic E-state index is -0.0166. The van der Waals surface area contributed by atoms with Crippen LogP contribution in [0.5, 0.6) is 0 Å². The van der Waals surface area contributed by atoms with Crippen molar-refractivity contribution >= 4 is 11.8 Å². The third-order valence-corrected chi connectivity index (χ3v) is 2.98. The summed E-state index contributed by atoms with van der Waals surface area (Å²) < 4.78 is 0. The van der Waals surface area contributed by atoms with Crippen molar-refractivity contribution in [2.45, 2.75) is 30.2 Å². The predicted molar refractivity (Wildman–Crippen MR) is 59.2 cm³/mol. The number of aromatic nitrogens is 1. The van der Waals surface area contributed by atoms with E-state index in [2.05, 4.69) is 4.98 Å². The van der Waals surface area contributed by atoms with E-state index in [-0.39, 0.29) is 17.9 Å². The lowest BCUT2D eigenvalue weighted by Gasteiger charge is -2.13. The molecule has 3 nitrogen and oxygen atoms in total. The molecule has 0 amide bonds. The Morgan fingerprint density at radius 1 is 1.57 bits per heavy atom. The molecule has 0 fully saturated rings. The minimum Gasteiger partial charge on any atom is -0.395 e. The Kier molecular flexibility index (Phi) is 4.38. The molecule has 0 aromatic carbocycles. The Balaban J connectivity index is 2.84. The van der Waals surface area contributed by atoms with Gasteiger partial charge in [-0.25, -0.2) is 4.98 Å². The van der Waals surface area contributed by atoms with E-state index in [1.165, 1.54) is 0 Å². The van der Waals surface area contributed by atoms with Gasteiger partial charge in [-0.3, -0.25) is 0 Å². The molecule has 1 heterocycles. The van der Waals surface area contributed by atoms with E-state index in [0.717, 1.165) is 10.6 Å². The van der Waals surface area contributed by atoms with Crippen LogP contribution in [-0.4, -0.2) is 21.9 Å². The van der Waals surface area contributed by atoms with Gasteiger partial charge < -0.3 is 10.8 Å². The van der Waals surface area contributed by atoms with Gasteiger partial charge in [0.15, 0.2) is 0 Å². The van der Waals surface area contributed by atoms with Crippen LogP contribution in [0.4, 0.5) is 0 Å². The zero-order valence-electron chi connectivity index (χ0n) is 8.47. The van der Waals surface area contributed by atoms with Crippen LogP contribution in [0.25, 0.3) is 0 Å². The number of rotatable bonds is 4. The number of aliphatic hydroxyl groups excluding tert-OH is 1. The number of thioether (sulfide) groups is 1. The molecule has 1 unspecified atom stereocenters. The Morgan fingerprint density at radius 2 is 2.29 bits per heavy atom. The number of hydrogen-bond donors (Lipinski definition) is 2. The third kappa shape index (κ3) is 2.97. The number of nitrogens with two attached hydrogens (primary N) is 1. The van der Waals surface area contributed by atoms with Crippen LogP contribution in [0.3, 0.4) is 0 Å². The molecule has 0 saturated carbocycles. The first-order chi connectivity index (χ1) is 6.65. The van der Waals surface area contributed by atoms with Crippen molar-refractivity contribution in [2.24, 2.45) is 5.73 Å². The molecule has 0 bridgehead atoms. The number of aliphatic hydroxyl groups is 1. The fraction of sp³-hybridized carbons (Fsp3) is 0.500. The van der Waals surface area contributed by atoms with Gasteiger partial charge in [0.25, 0.3) is 0 Å². The highest BCUT2D eigenvalue weighted by Crippen LogP contribution is 2.27. The second-order valence-corrected chi connectivity index (χ2v) is 4.72. The van der Waals surface area contributed by atoms with Crippen LogP contribution < -0.4 is 5.73 Å². The summed E-state index contributed by atoms with van der Waals surface area (Å²) in [7, 11) is 0. The lowest BCUT2D eigenvalue weighted by molar-refractivity contribution is 0.300. The normalized spacial score (nSPS) is 15.1. The van der Waals surface area contributed by atoms with Crippen molar-refractivity contribution in [3.63, 3.8) is 0 Å². The van der Waals surface area contributed by atoms with Crippen molar-refractivity contribution < 1.29 is 5.11 Å². The van der Waals surface area contributed by atoms with Crippen molar-refractivity contribution in [3.05, 3.63) is 23.9 Å². The molecule has 14 heavy (non-hydrogen) atoms. The van der Waals surface area contributed by atoms with Crippen LogP contribution in [0.15, 0.2) is 23.4 Å². The molecule has 0 spiro atoms. The Morgan fingerprint density at radius 3 is 2.86 bits per heavy atom. The van der Waals surface area contributed by atoms with Gasteiger partial charge in [-0.1, -0.05) is 13.0 Å². The summed E-state index contributed by atoms with van der Waals surface area (Å²) in [5.74, 6) is 0. The third-order valence-electron chi connectivity index (χ3n) is 1.86. The number of pyridine rings is 1.